The second kappa shape index (κ2) is 6.82. The van der Waals surface area contributed by atoms with Gasteiger partial charge >= 0.3 is 0 Å². The molecule has 0 saturated heterocycles. The van der Waals surface area contributed by atoms with Gasteiger partial charge in [-0.15, -0.1) is 0 Å². The van der Waals surface area contributed by atoms with Gasteiger partial charge in [-0.1, -0.05) is 24.6 Å². The highest BCUT2D eigenvalue weighted by molar-refractivity contribution is 6.33. The summed E-state index contributed by atoms with van der Waals surface area (Å²) in [5.74, 6) is 0.955. The number of halogens is 1. The van der Waals surface area contributed by atoms with Gasteiger partial charge in [0.1, 0.15) is 5.76 Å². The maximum atomic E-state index is 6.39. The number of nitrogens with one attached hydrogen (secondary N) is 1. The molecule has 1 heterocycles. The standard InChI is InChI=1S/C16H21ClN2O/c1-4-18-10-13-5-6-16(15(17)9-13)19(3)11-14-7-8-20-12(14)2/h5-9,18H,4,10-11H2,1-3H3. The summed E-state index contributed by atoms with van der Waals surface area (Å²) in [5.41, 5.74) is 3.42. The zero-order valence-corrected chi connectivity index (χ0v) is 13.0. The van der Waals surface area contributed by atoms with Gasteiger partial charge in [0.15, 0.2) is 0 Å². The molecule has 0 bridgehead atoms. The minimum Gasteiger partial charge on any atom is -0.469 e. The summed E-state index contributed by atoms with van der Waals surface area (Å²) >= 11 is 6.39. The van der Waals surface area contributed by atoms with E-state index in [4.69, 9.17) is 16.0 Å². The first-order chi connectivity index (χ1) is 9.61. The van der Waals surface area contributed by atoms with E-state index in [1.165, 1.54) is 11.1 Å². The number of anilines is 1. The van der Waals surface area contributed by atoms with Gasteiger partial charge in [-0.3, -0.25) is 0 Å². The lowest BCUT2D eigenvalue weighted by atomic mass is 10.1. The SMILES string of the molecule is CCNCc1ccc(N(C)Cc2ccoc2C)c(Cl)c1. The highest BCUT2D eigenvalue weighted by Crippen LogP contribution is 2.27. The van der Waals surface area contributed by atoms with E-state index in [2.05, 4.69) is 29.3 Å². The summed E-state index contributed by atoms with van der Waals surface area (Å²) < 4.78 is 5.33. The minimum absolute atomic E-state index is 0.782. The molecule has 0 radical (unpaired) electrons. The number of hydrogen-bond acceptors (Lipinski definition) is 3. The molecular formula is C16H21ClN2O. The van der Waals surface area contributed by atoms with Crippen molar-refractivity contribution in [2.45, 2.75) is 26.9 Å². The topological polar surface area (TPSA) is 28.4 Å². The molecule has 0 spiro atoms. The zero-order valence-electron chi connectivity index (χ0n) is 12.2. The van der Waals surface area contributed by atoms with E-state index >= 15 is 0 Å². The van der Waals surface area contributed by atoms with Crippen molar-refractivity contribution in [3.63, 3.8) is 0 Å². The van der Waals surface area contributed by atoms with Crippen molar-refractivity contribution in [1.82, 2.24) is 5.32 Å². The molecule has 0 atom stereocenters. The number of aryl methyl sites for hydroxylation is 1. The van der Waals surface area contributed by atoms with Crippen LogP contribution in [0.5, 0.6) is 0 Å². The quantitative estimate of drug-likeness (QED) is 0.873. The third kappa shape index (κ3) is 3.56. The molecule has 108 valence electrons. The van der Waals surface area contributed by atoms with Crippen LogP contribution in [0.15, 0.2) is 34.9 Å². The molecule has 2 rings (SSSR count). The van der Waals surface area contributed by atoms with E-state index in [-0.39, 0.29) is 0 Å². The lowest BCUT2D eigenvalue weighted by Crippen LogP contribution is -2.17. The number of furan rings is 1. The van der Waals surface area contributed by atoms with Crippen LogP contribution in [0.3, 0.4) is 0 Å². The van der Waals surface area contributed by atoms with Crippen molar-refractivity contribution in [3.8, 4) is 0 Å². The van der Waals surface area contributed by atoms with Gasteiger partial charge in [0.25, 0.3) is 0 Å². The summed E-state index contributed by atoms with van der Waals surface area (Å²) in [7, 11) is 2.04. The molecule has 1 N–H and O–H groups in total. The van der Waals surface area contributed by atoms with E-state index < -0.39 is 0 Å². The van der Waals surface area contributed by atoms with Crippen LogP contribution in [0.25, 0.3) is 0 Å². The Morgan fingerprint density at radius 1 is 1.30 bits per heavy atom. The fraction of sp³-hybridized carbons (Fsp3) is 0.375. The summed E-state index contributed by atoms with van der Waals surface area (Å²) in [6.45, 7) is 6.66. The lowest BCUT2D eigenvalue weighted by molar-refractivity contribution is 0.529. The third-order valence-corrected chi connectivity index (χ3v) is 3.68. The average Bonchev–Trinajstić information content (AvgIpc) is 2.82. The van der Waals surface area contributed by atoms with Crippen LogP contribution in [0.4, 0.5) is 5.69 Å². The van der Waals surface area contributed by atoms with Gasteiger partial charge in [0.05, 0.1) is 17.0 Å². The van der Waals surface area contributed by atoms with E-state index in [1.807, 2.05) is 26.1 Å². The van der Waals surface area contributed by atoms with Gasteiger partial charge in [0.2, 0.25) is 0 Å². The van der Waals surface area contributed by atoms with Crippen molar-refractivity contribution in [2.75, 3.05) is 18.5 Å². The van der Waals surface area contributed by atoms with Gasteiger partial charge in [-0.05, 0) is 37.2 Å². The number of nitrogens with zero attached hydrogens (tertiary/aromatic N) is 1. The smallest absolute Gasteiger partial charge is 0.105 e. The molecule has 1 aromatic carbocycles. The monoisotopic (exact) mass is 292 g/mol. The summed E-state index contributed by atoms with van der Waals surface area (Å²) in [6.07, 6.45) is 1.72. The average molecular weight is 293 g/mol. The zero-order chi connectivity index (χ0) is 14.5. The van der Waals surface area contributed by atoms with Crippen molar-refractivity contribution >= 4 is 17.3 Å². The Bertz CT molecular complexity index is 565. The van der Waals surface area contributed by atoms with Crippen LogP contribution in [0.1, 0.15) is 23.8 Å². The first kappa shape index (κ1) is 14.9. The first-order valence-electron chi connectivity index (χ1n) is 6.85. The Hall–Kier alpha value is -1.45. The summed E-state index contributed by atoms with van der Waals surface area (Å²) in [5, 5.41) is 4.08. The van der Waals surface area contributed by atoms with E-state index in [1.54, 1.807) is 6.26 Å². The third-order valence-electron chi connectivity index (χ3n) is 3.38. The van der Waals surface area contributed by atoms with Crippen LogP contribution in [-0.2, 0) is 13.1 Å². The van der Waals surface area contributed by atoms with Crippen LogP contribution < -0.4 is 10.2 Å². The Morgan fingerprint density at radius 3 is 2.70 bits per heavy atom. The Balaban J connectivity index is 2.10. The number of benzene rings is 1. The van der Waals surface area contributed by atoms with E-state index in [9.17, 15) is 0 Å². The van der Waals surface area contributed by atoms with Crippen LogP contribution in [-0.4, -0.2) is 13.6 Å². The van der Waals surface area contributed by atoms with Crippen molar-refractivity contribution < 1.29 is 4.42 Å². The Morgan fingerprint density at radius 2 is 2.10 bits per heavy atom. The molecule has 0 aliphatic heterocycles. The number of rotatable bonds is 6. The van der Waals surface area contributed by atoms with Gasteiger partial charge in [-0.25, -0.2) is 0 Å². The highest BCUT2D eigenvalue weighted by Gasteiger charge is 2.10. The summed E-state index contributed by atoms with van der Waals surface area (Å²) in [6, 6.07) is 8.21. The molecule has 0 amide bonds. The maximum absolute atomic E-state index is 6.39. The molecule has 0 unspecified atom stereocenters. The van der Waals surface area contributed by atoms with E-state index in [0.29, 0.717) is 0 Å². The van der Waals surface area contributed by atoms with Crippen LogP contribution in [0, 0.1) is 6.92 Å². The van der Waals surface area contributed by atoms with Gasteiger partial charge < -0.3 is 14.6 Å². The van der Waals surface area contributed by atoms with E-state index in [0.717, 1.165) is 36.1 Å². The highest BCUT2D eigenvalue weighted by atomic mass is 35.5. The lowest BCUT2D eigenvalue weighted by Gasteiger charge is -2.21. The molecular weight excluding hydrogens is 272 g/mol. The number of hydrogen-bond donors (Lipinski definition) is 1. The molecule has 1 aromatic heterocycles. The van der Waals surface area contributed by atoms with Crippen molar-refractivity contribution in [1.29, 1.82) is 0 Å². The predicted molar refractivity (Wildman–Crippen MR) is 84.4 cm³/mol. The fourth-order valence-corrected chi connectivity index (χ4v) is 2.50. The van der Waals surface area contributed by atoms with Gasteiger partial charge in [-0.2, -0.15) is 0 Å². The van der Waals surface area contributed by atoms with Crippen LogP contribution in [0.2, 0.25) is 5.02 Å². The van der Waals surface area contributed by atoms with Crippen molar-refractivity contribution in [2.24, 2.45) is 0 Å². The molecule has 3 nitrogen and oxygen atoms in total. The molecule has 4 heteroatoms. The molecule has 0 aliphatic rings. The molecule has 0 aliphatic carbocycles. The minimum atomic E-state index is 0.782. The first-order valence-corrected chi connectivity index (χ1v) is 7.23. The largest absolute Gasteiger partial charge is 0.469 e. The van der Waals surface area contributed by atoms with Crippen molar-refractivity contribution in [3.05, 3.63) is 52.4 Å². The molecule has 2 aromatic rings. The second-order valence-electron chi connectivity index (χ2n) is 4.92. The maximum Gasteiger partial charge on any atom is 0.105 e. The fourth-order valence-electron chi connectivity index (χ4n) is 2.16. The molecule has 20 heavy (non-hydrogen) atoms. The Kier molecular flexibility index (Phi) is 5.10. The van der Waals surface area contributed by atoms with Gasteiger partial charge in [0, 0.05) is 25.7 Å². The van der Waals surface area contributed by atoms with Crippen LogP contribution >= 0.6 is 11.6 Å². The molecule has 0 saturated carbocycles. The second-order valence-corrected chi connectivity index (χ2v) is 5.33. The molecule has 0 fully saturated rings. The summed E-state index contributed by atoms with van der Waals surface area (Å²) in [4.78, 5) is 2.14. The normalized spacial score (nSPS) is 10.8. The predicted octanol–water partition coefficient (Wildman–Crippen LogP) is 3.99. The Labute approximate surface area is 125 Å².